The van der Waals surface area contributed by atoms with Crippen LogP contribution < -0.4 is 5.32 Å². The van der Waals surface area contributed by atoms with Crippen molar-refractivity contribution in [3.05, 3.63) is 58.3 Å². The Kier molecular flexibility index (Phi) is 3.61. The van der Waals surface area contributed by atoms with Gasteiger partial charge in [-0.15, -0.1) is 11.3 Å². The number of thiophene rings is 1. The van der Waals surface area contributed by atoms with Crippen molar-refractivity contribution in [2.45, 2.75) is 5.54 Å². The highest BCUT2D eigenvalue weighted by atomic mass is 32.1. The van der Waals surface area contributed by atoms with Gasteiger partial charge in [0.25, 0.3) is 5.91 Å². The van der Waals surface area contributed by atoms with E-state index in [1.807, 2.05) is 35.7 Å². The van der Waals surface area contributed by atoms with E-state index in [0.29, 0.717) is 18.7 Å². The van der Waals surface area contributed by atoms with Crippen molar-refractivity contribution < 1.29 is 9.59 Å². The van der Waals surface area contributed by atoms with Gasteiger partial charge in [-0.3, -0.25) is 19.9 Å². The van der Waals surface area contributed by atoms with Crippen LogP contribution in [-0.4, -0.2) is 47.7 Å². The molecular weight excluding hydrogens is 336 g/mol. The average molecular weight is 354 g/mol. The van der Waals surface area contributed by atoms with Gasteiger partial charge < -0.3 is 10.2 Å². The number of rotatable bonds is 2. The number of amides is 2. The predicted molar refractivity (Wildman–Crippen MR) is 95.5 cm³/mol. The molecule has 2 amide bonds. The summed E-state index contributed by atoms with van der Waals surface area (Å²) in [6.07, 6.45) is 0. The van der Waals surface area contributed by atoms with Crippen LogP contribution >= 0.6 is 11.3 Å². The maximum atomic E-state index is 12.9. The summed E-state index contributed by atoms with van der Waals surface area (Å²) in [5.41, 5.74) is -0.113. The van der Waals surface area contributed by atoms with E-state index in [0.717, 1.165) is 4.88 Å². The fourth-order valence-electron chi connectivity index (χ4n) is 3.67. The smallest absolute Gasteiger partial charge is 0.253 e. The van der Waals surface area contributed by atoms with Crippen molar-refractivity contribution in [2.75, 3.05) is 20.1 Å². The van der Waals surface area contributed by atoms with Gasteiger partial charge in [0.2, 0.25) is 5.91 Å². The second-order valence-corrected chi connectivity index (χ2v) is 7.37. The second-order valence-electron chi connectivity index (χ2n) is 6.42. The van der Waals surface area contributed by atoms with Crippen molar-refractivity contribution >= 4 is 29.1 Å². The number of fused-ring (bicyclic) bond motifs is 1. The van der Waals surface area contributed by atoms with Crippen LogP contribution in [0.3, 0.4) is 0 Å². The molecule has 2 unspecified atom stereocenters. The Labute approximate surface area is 149 Å². The third-order valence-electron chi connectivity index (χ3n) is 5.01. The van der Waals surface area contributed by atoms with E-state index in [1.165, 1.54) is 4.90 Å². The highest BCUT2D eigenvalue weighted by Crippen LogP contribution is 2.42. The second kappa shape index (κ2) is 5.70. The Morgan fingerprint density at radius 1 is 1.28 bits per heavy atom. The van der Waals surface area contributed by atoms with Gasteiger partial charge >= 0.3 is 0 Å². The Balaban J connectivity index is 1.74. The van der Waals surface area contributed by atoms with E-state index in [9.17, 15) is 9.59 Å². The minimum atomic E-state index is -0.723. The normalized spacial score (nSPS) is 25.7. The molecule has 2 atom stereocenters. The molecule has 0 saturated carbocycles. The number of hydrogen-bond donors (Lipinski definition) is 2. The first-order valence-electron chi connectivity index (χ1n) is 8.05. The maximum Gasteiger partial charge on any atom is 0.253 e. The summed E-state index contributed by atoms with van der Waals surface area (Å²) in [7, 11) is 1.59. The number of benzene rings is 1. The minimum Gasteiger partial charge on any atom is -0.343 e. The van der Waals surface area contributed by atoms with Gasteiger partial charge in [-0.2, -0.15) is 0 Å². The first-order chi connectivity index (χ1) is 12.0. The van der Waals surface area contributed by atoms with Crippen molar-refractivity contribution in [1.29, 1.82) is 5.41 Å². The van der Waals surface area contributed by atoms with Crippen LogP contribution in [0.1, 0.15) is 15.2 Å². The Morgan fingerprint density at radius 3 is 2.72 bits per heavy atom. The van der Waals surface area contributed by atoms with Crippen LogP contribution in [0.4, 0.5) is 0 Å². The number of carbonyl (C=O) groups is 2. The fourth-order valence-corrected chi connectivity index (χ4v) is 4.60. The van der Waals surface area contributed by atoms with Gasteiger partial charge in [0.05, 0.1) is 5.92 Å². The van der Waals surface area contributed by atoms with Crippen molar-refractivity contribution in [3.8, 4) is 0 Å². The topological polar surface area (TPSA) is 76.5 Å². The molecule has 4 rings (SSSR count). The van der Waals surface area contributed by atoms with Gasteiger partial charge in [-0.05, 0) is 23.6 Å². The molecule has 3 heterocycles. The molecule has 7 heteroatoms. The fraction of sp³-hybridized carbons (Fsp3) is 0.278. The number of guanidine groups is 1. The van der Waals surface area contributed by atoms with E-state index < -0.39 is 11.5 Å². The molecule has 2 fully saturated rings. The zero-order valence-electron chi connectivity index (χ0n) is 13.7. The molecule has 128 valence electrons. The highest BCUT2D eigenvalue weighted by molar-refractivity contribution is 7.10. The lowest BCUT2D eigenvalue weighted by Crippen LogP contribution is -2.64. The van der Waals surface area contributed by atoms with E-state index in [2.05, 4.69) is 5.32 Å². The quantitative estimate of drug-likeness (QED) is 0.862. The van der Waals surface area contributed by atoms with Crippen LogP contribution in [0.15, 0.2) is 47.8 Å². The Morgan fingerprint density at radius 2 is 2.04 bits per heavy atom. The van der Waals surface area contributed by atoms with E-state index >= 15 is 0 Å². The molecule has 2 N–H and O–H groups in total. The third kappa shape index (κ3) is 2.34. The average Bonchev–Trinajstić information content (AvgIpc) is 3.28. The van der Waals surface area contributed by atoms with Crippen LogP contribution in [-0.2, 0) is 10.3 Å². The molecule has 0 aliphatic carbocycles. The molecule has 2 saturated heterocycles. The molecule has 0 bridgehead atoms. The summed E-state index contributed by atoms with van der Waals surface area (Å²) in [4.78, 5) is 29.8. The molecule has 6 nitrogen and oxygen atoms in total. The monoisotopic (exact) mass is 354 g/mol. The third-order valence-corrected chi connectivity index (χ3v) is 6.06. The summed E-state index contributed by atoms with van der Waals surface area (Å²) in [5.74, 6) is -0.545. The van der Waals surface area contributed by atoms with Gasteiger partial charge in [-0.1, -0.05) is 24.3 Å². The lowest BCUT2D eigenvalue weighted by molar-refractivity contribution is -0.134. The molecule has 1 aromatic carbocycles. The minimum absolute atomic E-state index is 0.0728. The van der Waals surface area contributed by atoms with Gasteiger partial charge in [-0.25, -0.2) is 0 Å². The standard InChI is InChI=1S/C18H18N4O2S/c1-21-16(24)13-10-22(15(23)12-6-3-2-4-7-12)11-18(13,20-17(21)19)14-8-5-9-25-14/h2-9,13H,10-11H2,1H3,(H2,19,20). The van der Waals surface area contributed by atoms with Crippen LogP contribution in [0.25, 0.3) is 0 Å². The number of nitrogens with zero attached hydrogens (tertiary/aromatic N) is 2. The molecule has 2 aliphatic heterocycles. The molecule has 2 aromatic rings. The lowest BCUT2D eigenvalue weighted by Gasteiger charge is -2.42. The Hall–Kier alpha value is -2.67. The van der Waals surface area contributed by atoms with Crippen LogP contribution in [0.5, 0.6) is 0 Å². The summed E-state index contributed by atoms with van der Waals surface area (Å²) >= 11 is 1.54. The first kappa shape index (κ1) is 15.8. The van der Waals surface area contributed by atoms with Gasteiger partial charge in [0.1, 0.15) is 5.54 Å². The first-order valence-corrected chi connectivity index (χ1v) is 8.93. The molecular formula is C18H18N4O2S. The molecule has 1 aromatic heterocycles. The summed E-state index contributed by atoms with van der Waals surface area (Å²) in [6, 6.07) is 13.0. The highest BCUT2D eigenvalue weighted by Gasteiger charge is 2.57. The molecule has 0 radical (unpaired) electrons. The molecule has 0 spiro atoms. The number of carbonyl (C=O) groups excluding carboxylic acids is 2. The molecule has 25 heavy (non-hydrogen) atoms. The SMILES string of the molecule is CN1C(=N)NC2(c3cccs3)CN(C(=O)c3ccccc3)CC2C1=O. The van der Waals surface area contributed by atoms with E-state index in [1.54, 1.807) is 35.4 Å². The summed E-state index contributed by atoms with van der Waals surface area (Å²) in [5, 5.41) is 13.3. The van der Waals surface area contributed by atoms with Gasteiger partial charge in [0.15, 0.2) is 5.96 Å². The summed E-state index contributed by atoms with van der Waals surface area (Å²) in [6.45, 7) is 0.711. The van der Waals surface area contributed by atoms with Crippen LogP contribution in [0.2, 0.25) is 0 Å². The maximum absolute atomic E-state index is 12.9. The number of hydrogen-bond acceptors (Lipinski definition) is 4. The van der Waals surface area contributed by atoms with Crippen molar-refractivity contribution in [3.63, 3.8) is 0 Å². The zero-order valence-corrected chi connectivity index (χ0v) is 14.5. The number of likely N-dealkylation sites (tertiary alicyclic amines) is 1. The largest absolute Gasteiger partial charge is 0.343 e. The molecule has 2 aliphatic rings. The van der Waals surface area contributed by atoms with E-state index in [4.69, 9.17) is 5.41 Å². The lowest BCUT2D eigenvalue weighted by atomic mass is 9.83. The van der Waals surface area contributed by atoms with Crippen molar-refractivity contribution in [2.24, 2.45) is 5.92 Å². The van der Waals surface area contributed by atoms with Crippen LogP contribution in [0, 0.1) is 11.3 Å². The van der Waals surface area contributed by atoms with Gasteiger partial charge in [0, 0.05) is 30.6 Å². The zero-order chi connectivity index (χ0) is 17.6. The number of nitrogens with one attached hydrogen (secondary N) is 2. The van der Waals surface area contributed by atoms with E-state index in [-0.39, 0.29) is 17.8 Å². The predicted octanol–water partition coefficient (Wildman–Crippen LogP) is 1.71. The Bertz CT molecular complexity index is 836. The van der Waals surface area contributed by atoms with Crippen molar-refractivity contribution in [1.82, 2.24) is 15.1 Å². The summed E-state index contributed by atoms with van der Waals surface area (Å²) < 4.78 is 0.